The summed E-state index contributed by atoms with van der Waals surface area (Å²) in [6.45, 7) is 0. The summed E-state index contributed by atoms with van der Waals surface area (Å²) in [6, 6.07) is 10.4. The minimum Gasteiger partial charge on any atom is -0.375 e. The summed E-state index contributed by atoms with van der Waals surface area (Å²) < 4.78 is 13.0. The monoisotopic (exact) mass is 305 g/mol. The Hall–Kier alpha value is -1.79. The Balaban J connectivity index is 1.92. The minimum absolute atomic E-state index is 0.0348. The fourth-order valence-corrected chi connectivity index (χ4v) is 3.21. The SMILES string of the molecule is NC(=S)N1N=C(c2ccc(F)cc2)C[C@H]1c1cccs1. The van der Waals surface area contributed by atoms with E-state index in [-0.39, 0.29) is 17.0 Å². The van der Waals surface area contributed by atoms with Gasteiger partial charge in [-0.05, 0) is 41.4 Å². The normalized spacial score (nSPS) is 18.1. The predicted octanol–water partition coefficient (Wildman–Crippen LogP) is 3.28. The maximum Gasteiger partial charge on any atom is 0.187 e. The Morgan fingerprint density at radius 2 is 2.10 bits per heavy atom. The summed E-state index contributed by atoms with van der Waals surface area (Å²) in [5.74, 6) is -0.256. The van der Waals surface area contributed by atoms with Crippen LogP contribution < -0.4 is 5.73 Å². The number of rotatable bonds is 2. The average Bonchev–Trinajstić information content (AvgIpc) is 3.08. The summed E-state index contributed by atoms with van der Waals surface area (Å²) in [6.07, 6.45) is 0.712. The molecule has 2 aromatic rings. The molecule has 1 aliphatic rings. The van der Waals surface area contributed by atoms with Crippen LogP contribution in [0.3, 0.4) is 0 Å². The molecule has 1 atom stereocenters. The standard InChI is InChI=1S/C14H12FN3S2/c15-10-5-3-9(4-6-10)11-8-12(13-2-1-7-20-13)18(17-11)14(16)19/h1-7,12H,8H2,(H2,16,19)/t12-/m0/s1. The highest BCUT2D eigenvalue weighted by Gasteiger charge is 2.30. The van der Waals surface area contributed by atoms with E-state index in [1.807, 2.05) is 17.5 Å². The number of nitrogens with zero attached hydrogens (tertiary/aromatic N) is 2. The number of thiophene rings is 1. The summed E-state index contributed by atoms with van der Waals surface area (Å²) >= 11 is 6.72. The van der Waals surface area contributed by atoms with Crippen LogP contribution in [-0.2, 0) is 0 Å². The van der Waals surface area contributed by atoms with Crippen molar-refractivity contribution in [3.8, 4) is 0 Å². The lowest BCUT2D eigenvalue weighted by Gasteiger charge is -2.20. The molecule has 0 saturated carbocycles. The molecule has 3 rings (SSSR count). The van der Waals surface area contributed by atoms with Gasteiger partial charge in [-0.3, -0.25) is 0 Å². The molecule has 102 valence electrons. The molecule has 1 aliphatic heterocycles. The molecule has 1 aromatic carbocycles. The van der Waals surface area contributed by atoms with Gasteiger partial charge in [0.25, 0.3) is 0 Å². The molecule has 0 spiro atoms. The molecule has 0 amide bonds. The third kappa shape index (κ3) is 2.44. The molecule has 2 N–H and O–H groups in total. The van der Waals surface area contributed by atoms with E-state index in [0.717, 1.165) is 11.3 Å². The topological polar surface area (TPSA) is 41.6 Å². The second-order valence-corrected chi connectivity index (χ2v) is 5.87. The number of hydrogen-bond acceptors (Lipinski definition) is 3. The van der Waals surface area contributed by atoms with Crippen molar-refractivity contribution >= 4 is 34.4 Å². The molecule has 0 saturated heterocycles. The van der Waals surface area contributed by atoms with E-state index in [1.54, 1.807) is 28.5 Å². The van der Waals surface area contributed by atoms with Crippen LogP contribution >= 0.6 is 23.6 Å². The van der Waals surface area contributed by atoms with E-state index in [9.17, 15) is 4.39 Å². The lowest BCUT2D eigenvalue weighted by Crippen LogP contribution is -2.31. The Labute approximate surface area is 125 Å². The number of thiocarbonyl (C=S) groups is 1. The number of hydrogen-bond donors (Lipinski definition) is 1. The number of halogens is 1. The Kier molecular flexibility index (Phi) is 3.50. The Morgan fingerprint density at radius 3 is 2.70 bits per heavy atom. The molecule has 0 unspecified atom stereocenters. The van der Waals surface area contributed by atoms with E-state index in [1.165, 1.54) is 17.0 Å². The van der Waals surface area contributed by atoms with E-state index in [4.69, 9.17) is 18.0 Å². The van der Waals surface area contributed by atoms with Crippen LogP contribution in [0.4, 0.5) is 4.39 Å². The summed E-state index contributed by atoms with van der Waals surface area (Å²) in [5, 5.41) is 8.43. The van der Waals surface area contributed by atoms with Gasteiger partial charge in [0.1, 0.15) is 5.82 Å². The maximum absolute atomic E-state index is 13.0. The quantitative estimate of drug-likeness (QED) is 0.866. The average molecular weight is 305 g/mol. The molecular weight excluding hydrogens is 293 g/mol. The van der Waals surface area contributed by atoms with Crippen LogP contribution in [-0.4, -0.2) is 15.8 Å². The number of nitrogens with two attached hydrogens (primary N) is 1. The van der Waals surface area contributed by atoms with Crippen LogP contribution in [0.5, 0.6) is 0 Å². The van der Waals surface area contributed by atoms with Crippen LogP contribution in [0.25, 0.3) is 0 Å². The first-order chi connectivity index (χ1) is 9.65. The fourth-order valence-electron chi connectivity index (χ4n) is 2.23. The first-order valence-corrected chi connectivity index (χ1v) is 7.39. The minimum atomic E-state index is -0.256. The number of hydrazone groups is 1. The zero-order valence-corrected chi connectivity index (χ0v) is 12.1. The van der Waals surface area contributed by atoms with Gasteiger partial charge >= 0.3 is 0 Å². The first-order valence-electron chi connectivity index (χ1n) is 6.10. The van der Waals surface area contributed by atoms with Gasteiger partial charge in [-0.15, -0.1) is 11.3 Å². The van der Waals surface area contributed by atoms with Crippen LogP contribution in [0.2, 0.25) is 0 Å². The van der Waals surface area contributed by atoms with Gasteiger partial charge < -0.3 is 5.73 Å². The van der Waals surface area contributed by atoms with Crippen LogP contribution in [0, 0.1) is 5.82 Å². The third-order valence-electron chi connectivity index (χ3n) is 3.19. The van der Waals surface area contributed by atoms with Gasteiger partial charge in [-0.1, -0.05) is 18.2 Å². The van der Waals surface area contributed by atoms with Gasteiger partial charge in [0.2, 0.25) is 0 Å². The van der Waals surface area contributed by atoms with Crippen LogP contribution in [0.1, 0.15) is 22.9 Å². The first kappa shape index (κ1) is 13.2. The fraction of sp³-hybridized carbons (Fsp3) is 0.143. The highest BCUT2D eigenvalue weighted by atomic mass is 32.1. The zero-order valence-electron chi connectivity index (χ0n) is 10.5. The summed E-state index contributed by atoms with van der Waals surface area (Å²) in [4.78, 5) is 1.17. The molecule has 2 heterocycles. The van der Waals surface area contributed by atoms with E-state index in [2.05, 4.69) is 5.10 Å². The van der Waals surface area contributed by atoms with Gasteiger partial charge in [-0.25, -0.2) is 9.40 Å². The highest BCUT2D eigenvalue weighted by Crippen LogP contribution is 2.34. The van der Waals surface area contributed by atoms with Crippen molar-refractivity contribution in [2.75, 3.05) is 0 Å². The Bertz CT molecular complexity index is 650. The third-order valence-corrected chi connectivity index (χ3v) is 4.35. The van der Waals surface area contributed by atoms with E-state index >= 15 is 0 Å². The van der Waals surface area contributed by atoms with Gasteiger partial charge in [-0.2, -0.15) is 5.10 Å². The molecule has 3 nitrogen and oxygen atoms in total. The second-order valence-electron chi connectivity index (χ2n) is 4.47. The van der Waals surface area contributed by atoms with Gasteiger partial charge in [0.15, 0.2) is 5.11 Å². The largest absolute Gasteiger partial charge is 0.375 e. The van der Waals surface area contributed by atoms with E-state index < -0.39 is 0 Å². The van der Waals surface area contributed by atoms with Crippen molar-refractivity contribution in [3.63, 3.8) is 0 Å². The summed E-state index contributed by atoms with van der Waals surface area (Å²) in [7, 11) is 0. The lowest BCUT2D eigenvalue weighted by atomic mass is 10.0. The molecule has 0 bridgehead atoms. The molecule has 1 aromatic heterocycles. The van der Waals surface area contributed by atoms with Gasteiger partial charge in [0, 0.05) is 11.3 Å². The molecule has 0 fully saturated rings. The highest BCUT2D eigenvalue weighted by molar-refractivity contribution is 7.80. The Morgan fingerprint density at radius 1 is 1.35 bits per heavy atom. The molecule has 0 radical (unpaired) electrons. The van der Waals surface area contributed by atoms with Crippen LogP contribution in [0.15, 0.2) is 46.9 Å². The van der Waals surface area contributed by atoms with Crippen molar-refractivity contribution in [2.45, 2.75) is 12.5 Å². The molecule has 20 heavy (non-hydrogen) atoms. The van der Waals surface area contributed by atoms with Crippen molar-refractivity contribution in [3.05, 3.63) is 58.0 Å². The smallest absolute Gasteiger partial charge is 0.187 e. The number of benzene rings is 1. The molecular formula is C14H12FN3S2. The van der Waals surface area contributed by atoms with Crippen molar-refractivity contribution in [1.82, 2.24) is 5.01 Å². The molecule has 6 heteroatoms. The summed E-state index contributed by atoms with van der Waals surface area (Å²) in [5.41, 5.74) is 7.52. The zero-order chi connectivity index (χ0) is 14.1. The van der Waals surface area contributed by atoms with Crippen molar-refractivity contribution in [2.24, 2.45) is 10.8 Å². The second kappa shape index (κ2) is 5.30. The van der Waals surface area contributed by atoms with E-state index in [0.29, 0.717) is 6.42 Å². The predicted molar refractivity (Wildman–Crippen MR) is 83.2 cm³/mol. The van der Waals surface area contributed by atoms with Crippen molar-refractivity contribution < 1.29 is 4.39 Å². The lowest BCUT2D eigenvalue weighted by molar-refractivity contribution is 0.378. The molecule has 0 aliphatic carbocycles. The maximum atomic E-state index is 13.0. The van der Waals surface area contributed by atoms with Crippen molar-refractivity contribution in [1.29, 1.82) is 0 Å². The van der Waals surface area contributed by atoms with Gasteiger partial charge in [0.05, 0.1) is 11.8 Å².